The van der Waals surface area contributed by atoms with Crippen molar-refractivity contribution in [1.29, 1.82) is 0 Å². The topological polar surface area (TPSA) is 127 Å². The summed E-state index contributed by atoms with van der Waals surface area (Å²) >= 11 is 0. The molecule has 0 aromatic heterocycles. The van der Waals surface area contributed by atoms with Crippen LogP contribution < -0.4 is 4.72 Å². The van der Waals surface area contributed by atoms with Crippen molar-refractivity contribution in [3.8, 4) is 0 Å². The van der Waals surface area contributed by atoms with Crippen LogP contribution in [0.15, 0.2) is 18.2 Å². The number of hydrogen-bond donors (Lipinski definition) is 2. The second-order valence-corrected chi connectivity index (χ2v) is 6.10. The van der Waals surface area contributed by atoms with Gasteiger partial charge in [-0.15, -0.1) is 0 Å². The van der Waals surface area contributed by atoms with Gasteiger partial charge in [0.05, 0.1) is 21.4 Å². The third-order valence-electron chi connectivity index (χ3n) is 2.66. The summed E-state index contributed by atoms with van der Waals surface area (Å²) in [7, 11) is -3.61. The molecule has 0 atom stereocenters. The summed E-state index contributed by atoms with van der Waals surface area (Å²) in [5, 5.41) is 19.0. The lowest BCUT2D eigenvalue weighted by molar-refractivity contribution is -0.384. The number of nitro groups is 1. The Hall–Kier alpha value is -2.16. The molecule has 1 aromatic rings. The van der Waals surface area contributed by atoms with E-state index >= 15 is 0 Å². The zero-order chi connectivity index (χ0) is 14.2. The predicted octanol–water partition coefficient (Wildman–Crippen LogP) is 1.20. The van der Waals surface area contributed by atoms with E-state index in [2.05, 4.69) is 4.72 Å². The Labute approximate surface area is 108 Å². The van der Waals surface area contributed by atoms with Crippen LogP contribution in [0.3, 0.4) is 0 Å². The molecule has 0 radical (unpaired) electrons. The number of anilines is 1. The van der Waals surface area contributed by atoms with Gasteiger partial charge in [-0.25, -0.2) is 13.2 Å². The minimum absolute atomic E-state index is 0.162. The van der Waals surface area contributed by atoms with Crippen LogP contribution in [-0.4, -0.2) is 29.7 Å². The second-order valence-electron chi connectivity index (χ2n) is 4.14. The smallest absolute Gasteiger partial charge is 0.338 e. The Bertz CT molecular complexity index is 650. The molecule has 1 saturated carbocycles. The molecule has 1 aliphatic rings. The Morgan fingerprint density at radius 2 is 2.05 bits per heavy atom. The second kappa shape index (κ2) is 4.50. The van der Waals surface area contributed by atoms with E-state index in [1.165, 1.54) is 0 Å². The third kappa shape index (κ3) is 2.81. The van der Waals surface area contributed by atoms with E-state index in [-0.39, 0.29) is 5.69 Å². The van der Waals surface area contributed by atoms with E-state index in [0.717, 1.165) is 18.2 Å². The Morgan fingerprint density at radius 3 is 2.53 bits per heavy atom. The van der Waals surface area contributed by atoms with Crippen LogP contribution in [0.1, 0.15) is 23.2 Å². The first-order chi connectivity index (χ1) is 8.81. The normalized spacial score (nSPS) is 14.9. The number of nitro benzene ring substituents is 1. The lowest BCUT2D eigenvalue weighted by Crippen LogP contribution is -2.19. The molecule has 2 N–H and O–H groups in total. The molecule has 0 unspecified atom stereocenters. The summed E-state index contributed by atoms with van der Waals surface area (Å²) in [6.45, 7) is 0. The van der Waals surface area contributed by atoms with Crippen LogP contribution in [0, 0.1) is 10.1 Å². The highest BCUT2D eigenvalue weighted by atomic mass is 32.2. The molecule has 2 rings (SSSR count). The Morgan fingerprint density at radius 1 is 1.42 bits per heavy atom. The molecular weight excluding hydrogens is 276 g/mol. The van der Waals surface area contributed by atoms with Gasteiger partial charge in [0, 0.05) is 12.1 Å². The van der Waals surface area contributed by atoms with Gasteiger partial charge < -0.3 is 5.11 Å². The van der Waals surface area contributed by atoms with Gasteiger partial charge in [-0.3, -0.25) is 14.8 Å². The van der Waals surface area contributed by atoms with Crippen molar-refractivity contribution in [2.75, 3.05) is 4.72 Å². The van der Waals surface area contributed by atoms with Crippen LogP contribution in [0.4, 0.5) is 11.4 Å². The average Bonchev–Trinajstić information content (AvgIpc) is 3.12. The summed E-state index contributed by atoms with van der Waals surface area (Å²) in [5.41, 5.74) is -1.02. The monoisotopic (exact) mass is 286 g/mol. The van der Waals surface area contributed by atoms with E-state index < -0.39 is 37.4 Å². The van der Waals surface area contributed by atoms with Crippen molar-refractivity contribution < 1.29 is 23.2 Å². The van der Waals surface area contributed by atoms with E-state index in [0.29, 0.717) is 12.8 Å². The standard InChI is InChI=1S/C10H10N2O6S/c13-10(14)8-5-6(12(15)16)1-4-9(8)11-19(17,18)7-2-3-7/h1,4-5,7,11H,2-3H2,(H,13,14). The fraction of sp³-hybridized carbons (Fsp3) is 0.300. The number of carboxylic acid groups (broad SMARTS) is 1. The highest BCUT2D eigenvalue weighted by molar-refractivity contribution is 7.93. The van der Waals surface area contributed by atoms with Gasteiger partial charge in [0.15, 0.2) is 0 Å². The molecule has 0 amide bonds. The zero-order valence-electron chi connectivity index (χ0n) is 9.57. The minimum Gasteiger partial charge on any atom is -0.478 e. The van der Waals surface area contributed by atoms with Gasteiger partial charge in [0.1, 0.15) is 0 Å². The molecule has 9 heteroatoms. The van der Waals surface area contributed by atoms with E-state index in [9.17, 15) is 23.3 Å². The maximum atomic E-state index is 11.7. The fourth-order valence-electron chi connectivity index (χ4n) is 1.53. The van der Waals surface area contributed by atoms with Gasteiger partial charge in [0.2, 0.25) is 10.0 Å². The molecule has 0 spiro atoms. The highest BCUT2D eigenvalue weighted by Crippen LogP contribution is 2.31. The molecule has 0 aliphatic heterocycles. The number of benzene rings is 1. The van der Waals surface area contributed by atoms with E-state index in [1.54, 1.807) is 0 Å². The molecule has 0 bridgehead atoms. The summed E-state index contributed by atoms with van der Waals surface area (Å²) in [6, 6.07) is 2.96. The van der Waals surface area contributed by atoms with Gasteiger partial charge >= 0.3 is 5.97 Å². The van der Waals surface area contributed by atoms with Crippen molar-refractivity contribution in [2.45, 2.75) is 18.1 Å². The van der Waals surface area contributed by atoms with Gasteiger partial charge in [-0.2, -0.15) is 0 Å². The maximum Gasteiger partial charge on any atom is 0.338 e. The molecule has 102 valence electrons. The number of carbonyl (C=O) groups is 1. The summed E-state index contributed by atoms with van der Waals surface area (Å²) in [5.74, 6) is -1.43. The average molecular weight is 286 g/mol. The van der Waals surface area contributed by atoms with E-state index in [1.807, 2.05) is 0 Å². The number of rotatable bonds is 5. The number of carboxylic acids is 1. The molecule has 1 fully saturated rings. The molecule has 19 heavy (non-hydrogen) atoms. The maximum absolute atomic E-state index is 11.7. The van der Waals surface area contributed by atoms with Gasteiger partial charge in [-0.05, 0) is 18.9 Å². The summed E-state index contributed by atoms with van der Waals surface area (Å²) in [6.07, 6.45) is 1.06. The molecule has 1 aromatic carbocycles. The SMILES string of the molecule is O=C(O)c1cc([N+](=O)[O-])ccc1NS(=O)(=O)C1CC1. The van der Waals surface area contributed by atoms with Gasteiger partial charge in [-0.1, -0.05) is 0 Å². The first-order valence-electron chi connectivity index (χ1n) is 5.34. The molecule has 0 saturated heterocycles. The molecule has 1 aliphatic carbocycles. The van der Waals surface area contributed by atoms with Crippen LogP contribution in [0.25, 0.3) is 0 Å². The minimum atomic E-state index is -3.61. The van der Waals surface area contributed by atoms with Crippen LogP contribution in [0.5, 0.6) is 0 Å². The Balaban J connectivity index is 2.39. The number of aromatic carboxylic acids is 1. The Kier molecular flexibility index (Phi) is 3.14. The number of nitrogens with one attached hydrogen (secondary N) is 1. The number of sulfonamides is 1. The van der Waals surface area contributed by atoms with Crippen molar-refractivity contribution in [3.05, 3.63) is 33.9 Å². The fourth-order valence-corrected chi connectivity index (χ4v) is 2.93. The zero-order valence-corrected chi connectivity index (χ0v) is 10.4. The lowest BCUT2D eigenvalue weighted by Gasteiger charge is -2.09. The first-order valence-corrected chi connectivity index (χ1v) is 6.89. The van der Waals surface area contributed by atoms with E-state index in [4.69, 9.17) is 5.11 Å². The first kappa shape index (κ1) is 13.3. The number of hydrogen-bond acceptors (Lipinski definition) is 5. The molecular formula is C10H10N2O6S. The van der Waals surface area contributed by atoms with Crippen molar-refractivity contribution in [3.63, 3.8) is 0 Å². The molecule has 8 nitrogen and oxygen atoms in total. The lowest BCUT2D eigenvalue weighted by atomic mass is 10.1. The van der Waals surface area contributed by atoms with Crippen LogP contribution in [0.2, 0.25) is 0 Å². The predicted molar refractivity (Wildman–Crippen MR) is 65.6 cm³/mol. The number of non-ortho nitro benzene ring substituents is 1. The molecule has 0 heterocycles. The third-order valence-corrected chi connectivity index (χ3v) is 4.51. The number of nitrogens with zero attached hydrogens (tertiary/aromatic N) is 1. The van der Waals surface area contributed by atoms with Gasteiger partial charge in [0.25, 0.3) is 5.69 Å². The summed E-state index contributed by atoms with van der Waals surface area (Å²) < 4.78 is 25.6. The van der Waals surface area contributed by atoms with Crippen LogP contribution in [-0.2, 0) is 10.0 Å². The van der Waals surface area contributed by atoms with Crippen molar-refractivity contribution >= 4 is 27.4 Å². The quantitative estimate of drug-likeness (QED) is 0.618. The highest BCUT2D eigenvalue weighted by Gasteiger charge is 2.36. The summed E-state index contributed by atoms with van der Waals surface area (Å²) in [4.78, 5) is 20.8. The van der Waals surface area contributed by atoms with Crippen molar-refractivity contribution in [1.82, 2.24) is 0 Å². The largest absolute Gasteiger partial charge is 0.478 e. The van der Waals surface area contributed by atoms with Crippen LogP contribution >= 0.6 is 0 Å². The van der Waals surface area contributed by atoms with Crippen molar-refractivity contribution in [2.24, 2.45) is 0 Å².